The fourth-order valence-corrected chi connectivity index (χ4v) is 4.93. The first-order valence-corrected chi connectivity index (χ1v) is 12.6. The van der Waals surface area contributed by atoms with E-state index >= 15 is 0 Å². The molecular weight excluding hydrogens is 410 g/mol. The standard InChI is InChI=1S/C24H33N3O3S/c1-3-25-24(26-15-17-31(28,29)22-9-5-4-6-10-22)27-18-21-8-7-16-30-23(21)20-13-11-19(2)12-14-20/h4-6,9-14,21,23H,3,7-8,15-18H2,1-2H3,(H2,25,26,27). The normalized spacial score (nSPS) is 19.7. The van der Waals surface area contributed by atoms with Gasteiger partial charge in [-0.1, -0.05) is 48.0 Å². The van der Waals surface area contributed by atoms with Crippen LogP contribution in [-0.4, -0.2) is 46.4 Å². The molecule has 1 fully saturated rings. The van der Waals surface area contributed by atoms with Crippen LogP contribution in [0.25, 0.3) is 0 Å². The van der Waals surface area contributed by atoms with E-state index < -0.39 is 9.84 Å². The summed E-state index contributed by atoms with van der Waals surface area (Å²) in [6.07, 6.45) is 2.13. The van der Waals surface area contributed by atoms with Crippen molar-refractivity contribution < 1.29 is 13.2 Å². The topological polar surface area (TPSA) is 79.8 Å². The molecule has 1 aliphatic heterocycles. The molecule has 2 unspecified atom stereocenters. The van der Waals surface area contributed by atoms with Crippen molar-refractivity contribution in [3.8, 4) is 0 Å². The molecule has 0 radical (unpaired) electrons. The largest absolute Gasteiger partial charge is 0.373 e. The second-order valence-electron chi connectivity index (χ2n) is 7.88. The van der Waals surface area contributed by atoms with E-state index in [-0.39, 0.29) is 11.9 Å². The van der Waals surface area contributed by atoms with Crippen LogP contribution in [0.15, 0.2) is 64.5 Å². The molecule has 1 heterocycles. The number of hydrogen-bond donors (Lipinski definition) is 2. The Morgan fingerprint density at radius 2 is 1.84 bits per heavy atom. The minimum Gasteiger partial charge on any atom is -0.373 e. The van der Waals surface area contributed by atoms with Crippen molar-refractivity contribution in [2.75, 3.05) is 32.0 Å². The first kappa shape index (κ1) is 23.3. The van der Waals surface area contributed by atoms with Gasteiger partial charge >= 0.3 is 0 Å². The zero-order valence-corrected chi connectivity index (χ0v) is 19.2. The third-order valence-corrected chi connectivity index (χ3v) is 7.18. The highest BCUT2D eigenvalue weighted by molar-refractivity contribution is 7.91. The molecule has 2 atom stereocenters. The van der Waals surface area contributed by atoms with Gasteiger partial charge in [0.15, 0.2) is 15.8 Å². The third-order valence-electron chi connectivity index (χ3n) is 5.44. The Labute approximate surface area is 186 Å². The maximum Gasteiger partial charge on any atom is 0.191 e. The van der Waals surface area contributed by atoms with Crippen molar-refractivity contribution in [2.24, 2.45) is 10.9 Å². The van der Waals surface area contributed by atoms with Gasteiger partial charge in [0.2, 0.25) is 0 Å². The average molecular weight is 444 g/mol. The summed E-state index contributed by atoms with van der Waals surface area (Å²) in [6, 6.07) is 17.1. The predicted molar refractivity (Wildman–Crippen MR) is 125 cm³/mol. The molecule has 0 bridgehead atoms. The zero-order chi connectivity index (χ0) is 22.1. The third kappa shape index (κ3) is 6.80. The number of nitrogens with one attached hydrogen (secondary N) is 2. The molecule has 7 heteroatoms. The fourth-order valence-electron chi connectivity index (χ4n) is 3.75. The number of benzene rings is 2. The van der Waals surface area contributed by atoms with E-state index in [0.717, 1.165) is 19.4 Å². The van der Waals surface area contributed by atoms with Gasteiger partial charge in [0.25, 0.3) is 0 Å². The van der Waals surface area contributed by atoms with E-state index in [1.807, 2.05) is 13.0 Å². The Morgan fingerprint density at radius 1 is 1.10 bits per heavy atom. The molecule has 1 aliphatic rings. The minimum absolute atomic E-state index is 0.0138. The summed E-state index contributed by atoms with van der Waals surface area (Å²) in [4.78, 5) is 5.09. The maximum absolute atomic E-state index is 12.5. The highest BCUT2D eigenvalue weighted by atomic mass is 32.2. The van der Waals surface area contributed by atoms with Gasteiger partial charge in [0.05, 0.1) is 16.8 Å². The lowest BCUT2D eigenvalue weighted by Gasteiger charge is -2.31. The van der Waals surface area contributed by atoms with E-state index in [4.69, 9.17) is 9.73 Å². The number of aryl methyl sites for hydroxylation is 1. The Hall–Kier alpha value is -2.38. The second-order valence-corrected chi connectivity index (χ2v) is 9.99. The van der Waals surface area contributed by atoms with Gasteiger partial charge in [0, 0.05) is 32.2 Å². The molecule has 2 aromatic carbocycles. The lowest BCUT2D eigenvalue weighted by molar-refractivity contribution is -0.0250. The fraction of sp³-hybridized carbons (Fsp3) is 0.458. The Bertz CT molecular complexity index is 944. The smallest absolute Gasteiger partial charge is 0.191 e. The van der Waals surface area contributed by atoms with Crippen molar-refractivity contribution in [3.05, 3.63) is 65.7 Å². The molecule has 6 nitrogen and oxygen atoms in total. The van der Waals surface area contributed by atoms with Crippen molar-refractivity contribution in [1.29, 1.82) is 0 Å². The predicted octanol–water partition coefficient (Wildman–Crippen LogP) is 3.49. The molecule has 0 aliphatic carbocycles. The van der Waals surface area contributed by atoms with Crippen LogP contribution in [0.1, 0.15) is 37.0 Å². The summed E-state index contributed by atoms with van der Waals surface area (Å²) >= 11 is 0. The van der Waals surface area contributed by atoms with E-state index in [0.29, 0.717) is 36.4 Å². The van der Waals surface area contributed by atoms with E-state index in [9.17, 15) is 8.42 Å². The van der Waals surface area contributed by atoms with Crippen LogP contribution in [0, 0.1) is 12.8 Å². The summed E-state index contributed by atoms with van der Waals surface area (Å²) in [5, 5.41) is 6.38. The molecule has 3 rings (SSSR count). The molecule has 0 aromatic heterocycles. The van der Waals surface area contributed by atoms with Gasteiger partial charge in [-0.15, -0.1) is 0 Å². The molecular formula is C24H33N3O3S. The number of ether oxygens (including phenoxy) is 1. The van der Waals surface area contributed by atoms with Gasteiger partial charge in [0.1, 0.15) is 0 Å². The second kappa shape index (κ2) is 11.3. The molecule has 168 valence electrons. The highest BCUT2D eigenvalue weighted by Gasteiger charge is 2.27. The first-order valence-electron chi connectivity index (χ1n) is 11.0. The average Bonchev–Trinajstić information content (AvgIpc) is 2.79. The van der Waals surface area contributed by atoms with Gasteiger partial charge in [-0.05, 0) is 44.4 Å². The molecule has 0 amide bonds. The first-order chi connectivity index (χ1) is 15.0. The molecule has 0 spiro atoms. The Balaban J connectivity index is 1.60. The highest BCUT2D eigenvalue weighted by Crippen LogP contribution is 2.33. The summed E-state index contributed by atoms with van der Waals surface area (Å²) < 4.78 is 31.1. The maximum atomic E-state index is 12.5. The zero-order valence-electron chi connectivity index (χ0n) is 18.4. The number of hydrogen-bond acceptors (Lipinski definition) is 4. The van der Waals surface area contributed by atoms with E-state index in [1.54, 1.807) is 24.3 Å². The van der Waals surface area contributed by atoms with Crippen LogP contribution < -0.4 is 10.6 Å². The number of sulfone groups is 1. The van der Waals surface area contributed by atoms with Crippen LogP contribution in [0.3, 0.4) is 0 Å². The van der Waals surface area contributed by atoms with Crippen molar-refractivity contribution in [2.45, 2.75) is 37.7 Å². The number of guanidine groups is 1. The van der Waals surface area contributed by atoms with Crippen molar-refractivity contribution >= 4 is 15.8 Å². The number of rotatable bonds is 8. The van der Waals surface area contributed by atoms with Crippen LogP contribution in [0.4, 0.5) is 0 Å². The lowest BCUT2D eigenvalue weighted by Crippen LogP contribution is -2.40. The van der Waals surface area contributed by atoms with Gasteiger partial charge in [-0.2, -0.15) is 0 Å². The number of nitrogens with zero attached hydrogens (tertiary/aromatic N) is 1. The number of aliphatic imine (C=N–C) groups is 1. The molecule has 2 aromatic rings. The SMILES string of the molecule is CCNC(=NCC1CCCOC1c1ccc(C)cc1)NCCS(=O)(=O)c1ccccc1. The van der Waals surface area contributed by atoms with Crippen LogP contribution >= 0.6 is 0 Å². The Kier molecular flexibility index (Phi) is 8.49. The van der Waals surface area contributed by atoms with Gasteiger partial charge < -0.3 is 15.4 Å². The Morgan fingerprint density at radius 3 is 2.55 bits per heavy atom. The van der Waals surface area contributed by atoms with Crippen LogP contribution in [0.5, 0.6) is 0 Å². The van der Waals surface area contributed by atoms with Crippen LogP contribution in [0.2, 0.25) is 0 Å². The molecule has 2 N–H and O–H groups in total. The monoisotopic (exact) mass is 443 g/mol. The van der Waals surface area contributed by atoms with Gasteiger partial charge in [-0.25, -0.2) is 8.42 Å². The summed E-state index contributed by atoms with van der Waals surface area (Å²) in [5.74, 6) is 0.943. The molecule has 0 saturated carbocycles. The minimum atomic E-state index is -3.32. The van der Waals surface area contributed by atoms with E-state index in [1.165, 1.54) is 11.1 Å². The van der Waals surface area contributed by atoms with Crippen molar-refractivity contribution in [1.82, 2.24) is 10.6 Å². The summed E-state index contributed by atoms with van der Waals surface area (Å²) in [7, 11) is -3.32. The molecule has 31 heavy (non-hydrogen) atoms. The summed E-state index contributed by atoms with van der Waals surface area (Å²) in [5.41, 5.74) is 2.43. The van der Waals surface area contributed by atoms with E-state index in [2.05, 4.69) is 41.8 Å². The van der Waals surface area contributed by atoms with Crippen molar-refractivity contribution in [3.63, 3.8) is 0 Å². The molecule has 1 saturated heterocycles. The quantitative estimate of drug-likeness (QED) is 0.482. The van der Waals surface area contributed by atoms with Gasteiger partial charge in [-0.3, -0.25) is 4.99 Å². The lowest BCUT2D eigenvalue weighted by atomic mass is 9.89. The summed E-state index contributed by atoms with van der Waals surface area (Å²) in [6.45, 7) is 6.48. The van der Waals surface area contributed by atoms with Crippen LogP contribution in [-0.2, 0) is 14.6 Å².